The number of nitrogens with zero attached hydrogens (tertiary/aromatic N) is 4. The molecule has 5 nitrogen and oxygen atoms in total. The molecule has 4 rings (SSSR count). The normalized spacial score (nSPS) is 17.8. The second-order valence-corrected chi connectivity index (χ2v) is 6.90. The Balaban J connectivity index is 1.41. The summed E-state index contributed by atoms with van der Waals surface area (Å²) in [5.74, 6) is 0.816. The number of carbonyl (C=O) groups excluding carboxylic acids is 1. The van der Waals surface area contributed by atoms with Gasteiger partial charge >= 0.3 is 0 Å². The summed E-state index contributed by atoms with van der Waals surface area (Å²) < 4.78 is 0. The fraction of sp³-hybridized carbons (Fsp3) is 0.333. The van der Waals surface area contributed by atoms with E-state index >= 15 is 0 Å². The molecule has 3 aromatic rings. The second-order valence-electron chi connectivity index (χ2n) is 6.90. The maximum atomic E-state index is 12.6. The van der Waals surface area contributed by atoms with Crippen LogP contribution in [0.15, 0.2) is 55.0 Å². The first kappa shape index (κ1) is 16.6. The average Bonchev–Trinajstić information content (AvgIpc) is 2.93. The SMILES string of the molecule is O=C(c1ncccn1)N1CCC[C@@H](Cc2cnc3ccccc3c2)CC1. The summed E-state index contributed by atoms with van der Waals surface area (Å²) in [7, 11) is 0. The van der Waals surface area contributed by atoms with E-state index in [1.165, 1.54) is 10.9 Å². The Bertz CT molecular complexity index is 897. The molecule has 26 heavy (non-hydrogen) atoms. The monoisotopic (exact) mass is 346 g/mol. The Kier molecular flexibility index (Phi) is 4.86. The second kappa shape index (κ2) is 7.60. The van der Waals surface area contributed by atoms with E-state index in [4.69, 9.17) is 0 Å². The first-order valence-electron chi connectivity index (χ1n) is 9.19. The quantitative estimate of drug-likeness (QED) is 0.728. The van der Waals surface area contributed by atoms with Gasteiger partial charge in [-0.15, -0.1) is 0 Å². The van der Waals surface area contributed by atoms with Gasteiger partial charge in [0.05, 0.1) is 5.52 Å². The van der Waals surface area contributed by atoms with Gasteiger partial charge in [0.2, 0.25) is 5.82 Å². The van der Waals surface area contributed by atoms with Crippen molar-refractivity contribution in [2.24, 2.45) is 5.92 Å². The summed E-state index contributed by atoms with van der Waals surface area (Å²) in [5.41, 5.74) is 2.32. The summed E-state index contributed by atoms with van der Waals surface area (Å²) in [6.45, 7) is 1.55. The maximum absolute atomic E-state index is 12.6. The molecule has 3 heterocycles. The Labute approximate surface area is 153 Å². The van der Waals surface area contributed by atoms with Crippen LogP contribution in [0.5, 0.6) is 0 Å². The minimum absolute atomic E-state index is 0.0568. The van der Waals surface area contributed by atoms with E-state index in [2.05, 4.69) is 33.2 Å². The van der Waals surface area contributed by atoms with Crippen molar-refractivity contribution in [3.63, 3.8) is 0 Å². The van der Waals surface area contributed by atoms with Crippen molar-refractivity contribution >= 4 is 16.8 Å². The van der Waals surface area contributed by atoms with Gasteiger partial charge < -0.3 is 4.90 Å². The lowest BCUT2D eigenvalue weighted by atomic mass is 9.93. The molecule has 0 unspecified atom stereocenters. The average molecular weight is 346 g/mol. The highest BCUT2D eigenvalue weighted by Crippen LogP contribution is 2.23. The lowest BCUT2D eigenvalue weighted by Crippen LogP contribution is -2.33. The van der Waals surface area contributed by atoms with Crippen LogP contribution < -0.4 is 0 Å². The summed E-state index contributed by atoms with van der Waals surface area (Å²) in [4.78, 5) is 27.2. The molecule has 132 valence electrons. The van der Waals surface area contributed by atoms with Crippen molar-refractivity contribution in [3.8, 4) is 0 Å². The molecule has 1 aliphatic heterocycles. The van der Waals surface area contributed by atoms with Crippen LogP contribution in [0.2, 0.25) is 0 Å². The number of pyridine rings is 1. The lowest BCUT2D eigenvalue weighted by Gasteiger charge is -2.19. The molecule has 1 aliphatic rings. The highest BCUT2D eigenvalue weighted by atomic mass is 16.2. The number of benzene rings is 1. The number of carbonyl (C=O) groups is 1. The zero-order chi connectivity index (χ0) is 17.8. The number of likely N-dealkylation sites (tertiary alicyclic amines) is 1. The number of fused-ring (bicyclic) bond motifs is 1. The van der Waals surface area contributed by atoms with Crippen molar-refractivity contribution in [2.75, 3.05) is 13.1 Å². The van der Waals surface area contributed by atoms with Crippen molar-refractivity contribution in [2.45, 2.75) is 25.7 Å². The fourth-order valence-electron chi connectivity index (χ4n) is 3.69. The largest absolute Gasteiger partial charge is 0.336 e. The third-order valence-electron chi connectivity index (χ3n) is 5.06. The van der Waals surface area contributed by atoms with Crippen LogP contribution >= 0.6 is 0 Å². The van der Waals surface area contributed by atoms with E-state index in [9.17, 15) is 4.79 Å². The van der Waals surface area contributed by atoms with Crippen LogP contribution in [0.4, 0.5) is 0 Å². The highest BCUT2D eigenvalue weighted by Gasteiger charge is 2.23. The smallest absolute Gasteiger partial charge is 0.291 e. The Hall–Kier alpha value is -2.82. The van der Waals surface area contributed by atoms with E-state index in [0.29, 0.717) is 11.7 Å². The molecule has 0 spiro atoms. The van der Waals surface area contributed by atoms with E-state index in [1.807, 2.05) is 23.2 Å². The van der Waals surface area contributed by atoms with Gasteiger partial charge in [0, 0.05) is 37.1 Å². The topological polar surface area (TPSA) is 59.0 Å². The van der Waals surface area contributed by atoms with Crippen molar-refractivity contribution < 1.29 is 4.79 Å². The number of aromatic nitrogens is 3. The van der Waals surface area contributed by atoms with Crippen LogP contribution in [-0.4, -0.2) is 38.8 Å². The fourth-order valence-corrected chi connectivity index (χ4v) is 3.69. The molecule has 0 radical (unpaired) electrons. The van der Waals surface area contributed by atoms with Gasteiger partial charge in [0.25, 0.3) is 5.91 Å². The molecule has 1 atom stereocenters. The Morgan fingerprint density at radius 2 is 1.88 bits per heavy atom. The first-order valence-corrected chi connectivity index (χ1v) is 9.19. The van der Waals surface area contributed by atoms with E-state index in [1.54, 1.807) is 18.5 Å². The molecular weight excluding hydrogens is 324 g/mol. The van der Waals surface area contributed by atoms with Gasteiger partial charge in [0.15, 0.2) is 0 Å². The van der Waals surface area contributed by atoms with Gasteiger partial charge in [-0.1, -0.05) is 18.2 Å². The summed E-state index contributed by atoms with van der Waals surface area (Å²) in [6, 6.07) is 12.2. The van der Waals surface area contributed by atoms with Crippen LogP contribution in [0, 0.1) is 5.92 Å². The summed E-state index contributed by atoms with van der Waals surface area (Å²) in [5, 5.41) is 1.19. The molecular formula is C21H22N4O. The first-order chi connectivity index (χ1) is 12.8. The van der Waals surface area contributed by atoms with E-state index in [-0.39, 0.29) is 5.91 Å². The number of amides is 1. The van der Waals surface area contributed by atoms with Gasteiger partial charge in [-0.25, -0.2) is 9.97 Å². The highest BCUT2D eigenvalue weighted by molar-refractivity contribution is 5.90. The van der Waals surface area contributed by atoms with Gasteiger partial charge in [-0.3, -0.25) is 9.78 Å². The third-order valence-corrected chi connectivity index (χ3v) is 5.06. The van der Waals surface area contributed by atoms with Crippen molar-refractivity contribution in [3.05, 3.63) is 66.4 Å². The summed E-state index contributed by atoms with van der Waals surface area (Å²) >= 11 is 0. The van der Waals surface area contributed by atoms with Crippen LogP contribution in [-0.2, 0) is 6.42 Å². The zero-order valence-corrected chi connectivity index (χ0v) is 14.7. The van der Waals surface area contributed by atoms with Crippen LogP contribution in [0.25, 0.3) is 10.9 Å². The standard InChI is InChI=1S/C21H22N4O/c26-21(20-22-9-4-10-23-20)25-11-3-5-16(8-12-25)13-17-14-18-6-1-2-7-19(18)24-15-17/h1-2,4,6-7,9-10,14-16H,3,5,8,11-13H2/t16-/m1/s1. The number of rotatable bonds is 3. The van der Waals surface area contributed by atoms with Gasteiger partial charge in [0.1, 0.15) is 0 Å². The van der Waals surface area contributed by atoms with Gasteiger partial charge in [-0.2, -0.15) is 0 Å². The number of hydrogen-bond acceptors (Lipinski definition) is 4. The zero-order valence-electron chi connectivity index (χ0n) is 14.7. The molecule has 1 amide bonds. The minimum atomic E-state index is -0.0568. The molecule has 1 fully saturated rings. The molecule has 1 saturated heterocycles. The summed E-state index contributed by atoms with van der Waals surface area (Å²) in [6.07, 6.45) is 9.40. The predicted molar refractivity (Wildman–Crippen MR) is 101 cm³/mol. The third kappa shape index (κ3) is 3.72. The Morgan fingerprint density at radius 1 is 1.04 bits per heavy atom. The number of para-hydroxylation sites is 1. The van der Waals surface area contributed by atoms with Gasteiger partial charge in [-0.05, 0) is 55.4 Å². The molecule has 5 heteroatoms. The number of hydrogen-bond donors (Lipinski definition) is 0. The van der Waals surface area contributed by atoms with E-state index < -0.39 is 0 Å². The molecule has 1 aromatic carbocycles. The molecule has 0 bridgehead atoms. The molecule has 2 aromatic heterocycles. The van der Waals surface area contributed by atoms with Crippen LogP contribution in [0.3, 0.4) is 0 Å². The van der Waals surface area contributed by atoms with Crippen LogP contribution in [0.1, 0.15) is 35.4 Å². The lowest BCUT2D eigenvalue weighted by molar-refractivity contribution is 0.0747. The molecule has 0 aliphatic carbocycles. The predicted octanol–water partition coefficient (Wildman–Crippen LogP) is 3.51. The minimum Gasteiger partial charge on any atom is -0.336 e. The molecule has 0 N–H and O–H groups in total. The van der Waals surface area contributed by atoms with Crippen molar-refractivity contribution in [1.29, 1.82) is 0 Å². The van der Waals surface area contributed by atoms with Crippen molar-refractivity contribution in [1.82, 2.24) is 19.9 Å². The maximum Gasteiger partial charge on any atom is 0.291 e. The Morgan fingerprint density at radius 3 is 2.77 bits per heavy atom. The van der Waals surface area contributed by atoms with E-state index in [0.717, 1.165) is 44.3 Å². The molecule has 0 saturated carbocycles.